The lowest BCUT2D eigenvalue weighted by Crippen LogP contribution is -2.00. The average Bonchev–Trinajstić information content (AvgIpc) is 2.01. The number of benzene rings is 1. The largest absolute Gasteiger partial charge is 0.295 e. The maximum absolute atomic E-state index is 11.3. The predicted molar refractivity (Wildman–Crippen MR) is 59.7 cm³/mol. The van der Waals surface area contributed by atoms with E-state index in [2.05, 4.69) is 12.6 Å². The van der Waals surface area contributed by atoms with E-state index in [4.69, 9.17) is 0 Å². The molecule has 0 amide bonds. The van der Waals surface area contributed by atoms with Crippen molar-refractivity contribution in [2.75, 3.05) is 0 Å². The molecule has 0 radical (unpaired) electrons. The van der Waals surface area contributed by atoms with Gasteiger partial charge in [0.05, 0.1) is 0 Å². The van der Waals surface area contributed by atoms with Crippen LogP contribution in [0.25, 0.3) is 0 Å². The maximum Gasteiger partial charge on any atom is 0.160 e. The topological polar surface area (TPSA) is 17.1 Å². The summed E-state index contributed by atoms with van der Waals surface area (Å²) in [4.78, 5) is 11.3. The van der Waals surface area contributed by atoms with Crippen molar-refractivity contribution in [2.45, 2.75) is 27.2 Å². The molecule has 1 heteroatoms. The summed E-state index contributed by atoms with van der Waals surface area (Å²) < 4.78 is 0. The minimum atomic E-state index is 0.126. The molecule has 0 fully saturated rings. The summed E-state index contributed by atoms with van der Waals surface area (Å²) in [5.41, 5.74) is 4.17. The van der Waals surface area contributed by atoms with E-state index in [0.29, 0.717) is 0 Å². The molecule has 0 aliphatic rings. The zero-order valence-electron chi connectivity index (χ0n) is 9.05. The van der Waals surface area contributed by atoms with Gasteiger partial charge in [0.15, 0.2) is 5.78 Å². The van der Waals surface area contributed by atoms with E-state index in [9.17, 15) is 4.79 Å². The van der Waals surface area contributed by atoms with Crippen LogP contribution in [-0.4, -0.2) is 5.78 Å². The fourth-order valence-corrected chi connectivity index (χ4v) is 1.54. The predicted octanol–water partition coefficient (Wildman–Crippen LogP) is 3.32. The van der Waals surface area contributed by atoms with Crippen molar-refractivity contribution in [1.29, 1.82) is 0 Å². The highest BCUT2D eigenvalue weighted by atomic mass is 16.1. The molecule has 0 saturated carbocycles. The molecule has 0 saturated heterocycles. The van der Waals surface area contributed by atoms with Crippen molar-refractivity contribution < 1.29 is 4.79 Å². The molecular weight excluding hydrogens is 172 g/mol. The van der Waals surface area contributed by atoms with Crippen LogP contribution >= 0.6 is 0 Å². The van der Waals surface area contributed by atoms with Crippen molar-refractivity contribution in [3.63, 3.8) is 0 Å². The summed E-state index contributed by atoms with van der Waals surface area (Å²) in [7, 11) is 0. The molecule has 1 aromatic rings. The Kier molecular flexibility index (Phi) is 3.23. The first-order chi connectivity index (χ1) is 6.50. The van der Waals surface area contributed by atoms with Crippen LogP contribution in [0.15, 0.2) is 30.4 Å². The number of Topliss-reactive ketones (excluding diaryl/α,β-unsaturated/α-hetero) is 1. The van der Waals surface area contributed by atoms with E-state index < -0.39 is 0 Å². The van der Waals surface area contributed by atoms with Crippen molar-refractivity contribution in [3.05, 3.63) is 47.0 Å². The van der Waals surface area contributed by atoms with Gasteiger partial charge in [0.2, 0.25) is 0 Å². The van der Waals surface area contributed by atoms with E-state index in [1.54, 1.807) is 6.92 Å². The van der Waals surface area contributed by atoms with Gasteiger partial charge in [-0.05, 0) is 32.8 Å². The lowest BCUT2D eigenvalue weighted by molar-refractivity contribution is 0.101. The Balaban J connectivity index is 3.15. The van der Waals surface area contributed by atoms with E-state index in [1.165, 1.54) is 5.56 Å². The highest BCUT2D eigenvalue weighted by Gasteiger charge is 2.06. The van der Waals surface area contributed by atoms with Gasteiger partial charge in [-0.3, -0.25) is 4.79 Å². The summed E-state index contributed by atoms with van der Waals surface area (Å²) in [5, 5.41) is 0. The van der Waals surface area contributed by atoms with Gasteiger partial charge in [0.1, 0.15) is 0 Å². The maximum atomic E-state index is 11.3. The second kappa shape index (κ2) is 4.23. The molecular formula is C13H16O. The zero-order valence-corrected chi connectivity index (χ0v) is 9.05. The lowest BCUT2D eigenvalue weighted by atomic mass is 9.97. The highest BCUT2D eigenvalue weighted by molar-refractivity contribution is 5.95. The monoisotopic (exact) mass is 188 g/mol. The number of ketones is 1. The molecule has 1 aromatic carbocycles. The third-order valence-corrected chi connectivity index (χ3v) is 2.13. The molecule has 0 aromatic heterocycles. The zero-order chi connectivity index (χ0) is 10.7. The summed E-state index contributed by atoms with van der Waals surface area (Å²) in [6.45, 7) is 9.48. The van der Waals surface area contributed by atoms with E-state index >= 15 is 0 Å². The van der Waals surface area contributed by atoms with Gasteiger partial charge in [0, 0.05) is 5.56 Å². The van der Waals surface area contributed by atoms with E-state index in [0.717, 1.165) is 23.1 Å². The van der Waals surface area contributed by atoms with E-state index in [1.807, 2.05) is 26.0 Å². The van der Waals surface area contributed by atoms with Gasteiger partial charge in [-0.15, -0.1) is 0 Å². The van der Waals surface area contributed by atoms with Crippen LogP contribution in [0.3, 0.4) is 0 Å². The lowest BCUT2D eigenvalue weighted by Gasteiger charge is -2.07. The molecule has 0 spiro atoms. The smallest absolute Gasteiger partial charge is 0.160 e. The summed E-state index contributed by atoms with van der Waals surface area (Å²) in [5.74, 6) is 0.126. The van der Waals surface area contributed by atoms with Crippen molar-refractivity contribution in [3.8, 4) is 0 Å². The molecule has 0 atom stereocenters. The number of carbonyl (C=O) groups is 1. The fraction of sp³-hybridized carbons (Fsp3) is 0.308. The van der Waals surface area contributed by atoms with Crippen LogP contribution in [-0.2, 0) is 6.42 Å². The summed E-state index contributed by atoms with van der Waals surface area (Å²) in [6.07, 6.45) is 0.788. The Hall–Kier alpha value is -1.37. The standard InChI is InChI=1S/C13H16O/c1-9(2)7-12-8-10(3)5-6-13(12)11(4)14/h5-6,8H,1,7H2,2-4H3. The number of hydrogen-bond donors (Lipinski definition) is 0. The minimum absolute atomic E-state index is 0.126. The van der Waals surface area contributed by atoms with Gasteiger partial charge >= 0.3 is 0 Å². The Bertz CT molecular complexity index is 375. The third kappa shape index (κ3) is 2.56. The van der Waals surface area contributed by atoms with Crippen LogP contribution in [0.4, 0.5) is 0 Å². The van der Waals surface area contributed by atoms with Crippen LogP contribution in [0.1, 0.15) is 35.3 Å². The highest BCUT2D eigenvalue weighted by Crippen LogP contribution is 2.15. The first kappa shape index (κ1) is 10.7. The van der Waals surface area contributed by atoms with Crippen molar-refractivity contribution >= 4 is 5.78 Å². The molecule has 0 aliphatic heterocycles. The Morgan fingerprint density at radius 2 is 2.00 bits per heavy atom. The summed E-state index contributed by atoms with van der Waals surface area (Å²) >= 11 is 0. The quantitative estimate of drug-likeness (QED) is 0.525. The molecule has 0 N–H and O–H groups in total. The Morgan fingerprint density at radius 1 is 1.36 bits per heavy atom. The van der Waals surface area contributed by atoms with Crippen LogP contribution in [0.2, 0.25) is 0 Å². The average molecular weight is 188 g/mol. The fourth-order valence-electron chi connectivity index (χ4n) is 1.54. The van der Waals surface area contributed by atoms with E-state index in [-0.39, 0.29) is 5.78 Å². The summed E-state index contributed by atoms with van der Waals surface area (Å²) in [6, 6.07) is 5.93. The second-order valence-electron chi connectivity index (χ2n) is 3.85. The van der Waals surface area contributed by atoms with Crippen molar-refractivity contribution in [1.82, 2.24) is 0 Å². The molecule has 1 nitrogen and oxygen atoms in total. The molecule has 0 unspecified atom stereocenters. The van der Waals surface area contributed by atoms with Crippen molar-refractivity contribution in [2.24, 2.45) is 0 Å². The van der Waals surface area contributed by atoms with Crippen LogP contribution < -0.4 is 0 Å². The van der Waals surface area contributed by atoms with Crippen LogP contribution in [0, 0.1) is 6.92 Å². The third-order valence-electron chi connectivity index (χ3n) is 2.13. The van der Waals surface area contributed by atoms with Gasteiger partial charge in [-0.2, -0.15) is 0 Å². The first-order valence-corrected chi connectivity index (χ1v) is 4.75. The molecule has 74 valence electrons. The SMILES string of the molecule is C=C(C)Cc1cc(C)ccc1C(C)=O. The number of aryl methyl sites for hydroxylation is 1. The van der Waals surface area contributed by atoms with Gasteiger partial charge in [-0.1, -0.05) is 35.9 Å². The number of rotatable bonds is 3. The number of allylic oxidation sites excluding steroid dienone is 1. The molecule has 14 heavy (non-hydrogen) atoms. The van der Waals surface area contributed by atoms with Gasteiger partial charge in [0.25, 0.3) is 0 Å². The Morgan fingerprint density at radius 3 is 2.50 bits per heavy atom. The molecule has 0 aliphatic carbocycles. The molecule has 1 rings (SSSR count). The normalized spacial score (nSPS) is 9.93. The Labute approximate surface area is 85.5 Å². The number of carbonyl (C=O) groups excluding carboxylic acids is 1. The second-order valence-corrected chi connectivity index (χ2v) is 3.85. The molecule has 0 heterocycles. The van der Waals surface area contributed by atoms with Gasteiger partial charge < -0.3 is 0 Å². The minimum Gasteiger partial charge on any atom is -0.295 e. The van der Waals surface area contributed by atoms with Gasteiger partial charge in [-0.25, -0.2) is 0 Å². The molecule has 0 bridgehead atoms. The first-order valence-electron chi connectivity index (χ1n) is 4.75. The van der Waals surface area contributed by atoms with Crippen LogP contribution in [0.5, 0.6) is 0 Å². The number of hydrogen-bond acceptors (Lipinski definition) is 1.